The van der Waals surface area contributed by atoms with Gasteiger partial charge in [-0.1, -0.05) is 6.07 Å². The summed E-state index contributed by atoms with van der Waals surface area (Å²) in [5.41, 5.74) is 7.05. The summed E-state index contributed by atoms with van der Waals surface area (Å²) in [6.45, 7) is 0.306. The van der Waals surface area contributed by atoms with Crippen LogP contribution in [0.1, 0.15) is 11.7 Å². The van der Waals surface area contributed by atoms with Gasteiger partial charge in [-0.15, -0.1) is 0 Å². The van der Waals surface area contributed by atoms with Gasteiger partial charge in [0.1, 0.15) is 18.2 Å². The maximum absolute atomic E-state index is 10.00. The number of hydrogen-bond acceptors (Lipinski definition) is 6. The van der Waals surface area contributed by atoms with Crippen molar-refractivity contribution in [2.45, 2.75) is 12.2 Å². The van der Waals surface area contributed by atoms with Gasteiger partial charge >= 0.3 is 0 Å². The van der Waals surface area contributed by atoms with E-state index in [4.69, 9.17) is 5.73 Å². The van der Waals surface area contributed by atoms with E-state index in [0.717, 1.165) is 0 Å². The lowest BCUT2D eigenvalue weighted by atomic mass is 10.0. The molecule has 0 saturated heterocycles. The van der Waals surface area contributed by atoms with Gasteiger partial charge in [-0.2, -0.15) is 0 Å². The summed E-state index contributed by atoms with van der Waals surface area (Å²) in [4.78, 5) is 7.98. The van der Waals surface area contributed by atoms with E-state index in [2.05, 4.69) is 15.3 Å². The first-order valence-electron chi connectivity index (χ1n) is 5.64. The fourth-order valence-electron chi connectivity index (χ4n) is 1.82. The second kappa shape index (κ2) is 5.26. The van der Waals surface area contributed by atoms with Crippen LogP contribution in [-0.2, 0) is 0 Å². The highest BCUT2D eigenvalue weighted by molar-refractivity contribution is 5.88. The second-order valence-corrected chi connectivity index (χ2v) is 4.11. The third-order valence-electron chi connectivity index (χ3n) is 2.81. The summed E-state index contributed by atoms with van der Waals surface area (Å²) < 4.78 is 0. The van der Waals surface area contributed by atoms with Crippen LogP contribution in [0.2, 0.25) is 0 Å². The van der Waals surface area contributed by atoms with Gasteiger partial charge in [-0.3, -0.25) is 0 Å². The number of likely N-dealkylation sites (N-methyl/N-ethyl adjacent to an activating group) is 1. The molecular formula is C12H16N4O2. The number of nitrogens with zero attached hydrogens (tertiary/aromatic N) is 2. The Morgan fingerprint density at radius 2 is 2.11 bits per heavy atom. The maximum Gasteiger partial charge on any atom is 0.134 e. The van der Waals surface area contributed by atoms with Crippen molar-refractivity contribution in [1.29, 1.82) is 0 Å². The van der Waals surface area contributed by atoms with Crippen molar-refractivity contribution >= 4 is 16.7 Å². The minimum atomic E-state index is -0.971. The van der Waals surface area contributed by atoms with Crippen LogP contribution in [0.15, 0.2) is 24.5 Å². The Bertz CT molecular complexity index is 547. The fourth-order valence-corrected chi connectivity index (χ4v) is 1.82. The van der Waals surface area contributed by atoms with Gasteiger partial charge in [-0.25, -0.2) is 9.97 Å². The highest BCUT2D eigenvalue weighted by Gasteiger charge is 2.18. The van der Waals surface area contributed by atoms with Crippen LogP contribution in [0.3, 0.4) is 0 Å². The van der Waals surface area contributed by atoms with Crippen LogP contribution >= 0.6 is 0 Å². The van der Waals surface area contributed by atoms with E-state index in [1.54, 1.807) is 25.2 Å². The van der Waals surface area contributed by atoms with Crippen molar-refractivity contribution in [2.75, 3.05) is 19.3 Å². The number of nitrogens with two attached hydrogens (primary N) is 1. The van der Waals surface area contributed by atoms with Gasteiger partial charge in [0.15, 0.2) is 0 Å². The van der Waals surface area contributed by atoms with Crippen LogP contribution in [0.4, 0.5) is 5.82 Å². The molecule has 6 heteroatoms. The zero-order chi connectivity index (χ0) is 13.1. The quantitative estimate of drug-likeness (QED) is 0.598. The molecule has 5 N–H and O–H groups in total. The summed E-state index contributed by atoms with van der Waals surface area (Å²) in [6, 6.07) is 5.17. The number of anilines is 1. The van der Waals surface area contributed by atoms with E-state index in [9.17, 15) is 10.2 Å². The number of aromatic nitrogens is 2. The first-order valence-corrected chi connectivity index (χ1v) is 5.64. The molecule has 1 aromatic heterocycles. The molecule has 0 saturated carbocycles. The molecule has 0 amide bonds. The zero-order valence-corrected chi connectivity index (χ0v) is 10.0. The largest absolute Gasteiger partial charge is 0.389 e. The zero-order valence-electron chi connectivity index (χ0n) is 10.0. The molecule has 0 bridgehead atoms. The first-order chi connectivity index (χ1) is 8.63. The number of benzene rings is 1. The minimum Gasteiger partial charge on any atom is -0.389 e. The Kier molecular flexibility index (Phi) is 3.71. The summed E-state index contributed by atoms with van der Waals surface area (Å²) in [5, 5.41) is 23.2. The molecule has 18 heavy (non-hydrogen) atoms. The fraction of sp³-hybridized carbons (Fsp3) is 0.333. The Morgan fingerprint density at radius 3 is 2.83 bits per heavy atom. The van der Waals surface area contributed by atoms with Crippen molar-refractivity contribution in [3.63, 3.8) is 0 Å². The Morgan fingerprint density at radius 1 is 1.33 bits per heavy atom. The van der Waals surface area contributed by atoms with Crippen molar-refractivity contribution in [3.05, 3.63) is 30.1 Å². The molecule has 0 aliphatic carbocycles. The van der Waals surface area contributed by atoms with Crippen LogP contribution in [-0.4, -0.2) is 39.9 Å². The second-order valence-electron chi connectivity index (χ2n) is 4.11. The predicted octanol–water partition coefficient (Wildman–Crippen LogP) is -0.174. The Hall–Kier alpha value is -1.76. The predicted molar refractivity (Wildman–Crippen MR) is 68.8 cm³/mol. The number of hydrogen-bond donors (Lipinski definition) is 4. The Labute approximate surface area is 104 Å². The lowest BCUT2D eigenvalue weighted by Gasteiger charge is -2.18. The summed E-state index contributed by atoms with van der Waals surface area (Å²) in [6.07, 6.45) is -0.455. The number of aliphatic hydroxyl groups excluding tert-OH is 2. The van der Waals surface area contributed by atoms with E-state index in [-0.39, 0.29) is 0 Å². The molecule has 0 radical (unpaired) electrons. The molecule has 0 aliphatic heterocycles. The monoisotopic (exact) mass is 248 g/mol. The molecule has 96 valence electrons. The van der Waals surface area contributed by atoms with Gasteiger partial charge < -0.3 is 21.3 Å². The molecule has 6 nitrogen and oxygen atoms in total. The van der Waals surface area contributed by atoms with Gasteiger partial charge in [0.05, 0.1) is 11.6 Å². The third-order valence-corrected chi connectivity index (χ3v) is 2.81. The van der Waals surface area contributed by atoms with E-state index < -0.39 is 12.2 Å². The SMILES string of the molecule is CNCC(O)C(O)c1ccc2ncnc(N)c2c1. The van der Waals surface area contributed by atoms with Crippen molar-refractivity contribution in [1.82, 2.24) is 15.3 Å². The van der Waals surface area contributed by atoms with E-state index in [1.165, 1.54) is 6.33 Å². The number of nitrogen functional groups attached to an aromatic ring is 1. The molecule has 2 atom stereocenters. The lowest BCUT2D eigenvalue weighted by Crippen LogP contribution is -2.29. The smallest absolute Gasteiger partial charge is 0.134 e. The average Bonchev–Trinajstić information content (AvgIpc) is 2.38. The normalized spacial score (nSPS) is 14.6. The summed E-state index contributed by atoms with van der Waals surface area (Å²) in [7, 11) is 1.71. The van der Waals surface area contributed by atoms with Gasteiger partial charge in [0.2, 0.25) is 0 Å². The minimum absolute atomic E-state index is 0.306. The van der Waals surface area contributed by atoms with Crippen molar-refractivity contribution in [2.24, 2.45) is 0 Å². The molecular weight excluding hydrogens is 232 g/mol. The highest BCUT2D eigenvalue weighted by atomic mass is 16.3. The van der Waals surface area contributed by atoms with Crippen molar-refractivity contribution in [3.8, 4) is 0 Å². The third kappa shape index (κ3) is 2.40. The summed E-state index contributed by atoms with van der Waals surface area (Å²) >= 11 is 0. The first kappa shape index (κ1) is 12.7. The van der Waals surface area contributed by atoms with Gasteiger partial charge in [-0.05, 0) is 24.7 Å². The molecule has 0 aliphatic rings. The molecule has 2 aromatic rings. The highest BCUT2D eigenvalue weighted by Crippen LogP contribution is 2.23. The topological polar surface area (TPSA) is 104 Å². The van der Waals surface area contributed by atoms with E-state index >= 15 is 0 Å². The lowest BCUT2D eigenvalue weighted by molar-refractivity contribution is 0.0203. The molecule has 1 aromatic carbocycles. The average molecular weight is 248 g/mol. The van der Waals surface area contributed by atoms with E-state index in [1.807, 2.05) is 0 Å². The van der Waals surface area contributed by atoms with E-state index in [0.29, 0.717) is 28.8 Å². The number of fused-ring (bicyclic) bond motifs is 1. The van der Waals surface area contributed by atoms with Gasteiger partial charge in [0, 0.05) is 11.9 Å². The molecule has 0 spiro atoms. The Balaban J connectivity index is 2.37. The number of aliphatic hydroxyl groups is 2. The van der Waals surface area contributed by atoms with Crippen LogP contribution in [0, 0.1) is 0 Å². The van der Waals surface area contributed by atoms with Crippen LogP contribution < -0.4 is 11.1 Å². The van der Waals surface area contributed by atoms with Gasteiger partial charge in [0.25, 0.3) is 0 Å². The number of nitrogens with one attached hydrogen (secondary N) is 1. The van der Waals surface area contributed by atoms with Crippen LogP contribution in [0.25, 0.3) is 10.9 Å². The van der Waals surface area contributed by atoms with Crippen molar-refractivity contribution < 1.29 is 10.2 Å². The maximum atomic E-state index is 10.00. The molecule has 2 unspecified atom stereocenters. The van der Waals surface area contributed by atoms with Crippen LogP contribution in [0.5, 0.6) is 0 Å². The summed E-state index contributed by atoms with van der Waals surface area (Å²) in [5.74, 6) is 0.358. The molecule has 0 fully saturated rings. The standard InChI is InChI=1S/C12H16N4O2/c1-14-5-10(17)11(18)7-2-3-9-8(4-7)12(13)16-6-15-9/h2-4,6,10-11,14,17-18H,5H2,1H3,(H2,13,15,16). The number of rotatable bonds is 4. The molecule has 2 rings (SSSR count). The molecule has 1 heterocycles.